The molecule has 4 rings (SSSR count). The molecule has 0 aliphatic carbocycles. The Balaban J connectivity index is 1.35. The Morgan fingerprint density at radius 1 is 1.09 bits per heavy atom. The van der Waals surface area contributed by atoms with Crippen molar-refractivity contribution in [1.29, 1.82) is 0 Å². The van der Waals surface area contributed by atoms with Crippen LogP contribution in [0.4, 0.5) is 5.82 Å². The number of amides is 1. The number of hydrogen-bond donors (Lipinski definition) is 1. The lowest BCUT2D eigenvalue weighted by molar-refractivity contribution is 0.0942. The zero-order valence-electron chi connectivity index (χ0n) is 18.8. The number of carbonyl (C=O) groups is 1. The van der Waals surface area contributed by atoms with Crippen molar-refractivity contribution in [2.45, 2.75) is 31.2 Å². The molecule has 0 spiro atoms. The maximum Gasteiger partial charge on any atom is 0.268 e. The average Bonchev–Trinajstić information content (AvgIpc) is 3.49. The number of carbonyl (C=O) groups excluding carboxylic acids is 1. The van der Waals surface area contributed by atoms with E-state index in [2.05, 4.69) is 27.0 Å². The number of nitrogens with one attached hydrogen (secondary N) is 1. The van der Waals surface area contributed by atoms with Crippen LogP contribution >= 0.6 is 0 Å². The highest BCUT2D eigenvalue weighted by atomic mass is 32.2. The Morgan fingerprint density at radius 2 is 1.81 bits per heavy atom. The Hall–Kier alpha value is -2.43. The third-order valence-corrected chi connectivity index (χ3v) is 8.18. The first-order chi connectivity index (χ1) is 15.4. The molecule has 0 atom stereocenters. The van der Waals surface area contributed by atoms with Gasteiger partial charge in [0, 0.05) is 65.3 Å². The first-order valence-corrected chi connectivity index (χ1v) is 12.7. The van der Waals surface area contributed by atoms with Crippen molar-refractivity contribution in [2.24, 2.45) is 7.05 Å². The van der Waals surface area contributed by atoms with Crippen LogP contribution in [0.1, 0.15) is 35.8 Å². The van der Waals surface area contributed by atoms with Gasteiger partial charge >= 0.3 is 0 Å². The largest absolute Gasteiger partial charge is 0.354 e. The zero-order valence-corrected chi connectivity index (χ0v) is 19.6. The fraction of sp³-hybridized carbons (Fsp3) is 0.545. The van der Waals surface area contributed by atoms with Crippen LogP contribution in [0.5, 0.6) is 0 Å². The molecule has 32 heavy (non-hydrogen) atoms. The molecule has 0 unspecified atom stereocenters. The number of aryl methyl sites for hydroxylation is 1. The summed E-state index contributed by atoms with van der Waals surface area (Å²) in [5.41, 5.74) is 1.22. The molecule has 0 aromatic carbocycles. The topological polar surface area (TPSA) is 90.8 Å². The number of likely N-dealkylation sites (N-methyl/N-ethyl adjacent to an activating group) is 1. The van der Waals surface area contributed by atoms with E-state index in [4.69, 9.17) is 0 Å². The van der Waals surface area contributed by atoms with Gasteiger partial charge in [0.25, 0.3) is 5.91 Å². The van der Waals surface area contributed by atoms with E-state index in [1.807, 2.05) is 12.1 Å². The Morgan fingerprint density at radius 3 is 2.44 bits per heavy atom. The molecule has 4 heterocycles. The number of hydrogen-bond acceptors (Lipinski definition) is 6. The van der Waals surface area contributed by atoms with Gasteiger partial charge in [0.05, 0.1) is 0 Å². The molecule has 2 aliphatic heterocycles. The predicted octanol–water partition coefficient (Wildman–Crippen LogP) is 1.28. The van der Waals surface area contributed by atoms with Crippen LogP contribution in [0.15, 0.2) is 35.5 Å². The van der Waals surface area contributed by atoms with Crippen molar-refractivity contribution < 1.29 is 13.2 Å². The lowest BCUT2D eigenvalue weighted by atomic mass is 10.2. The van der Waals surface area contributed by atoms with Crippen LogP contribution in [0, 0.1) is 0 Å². The number of anilines is 1. The molecule has 1 N–H and O–H groups in total. The third kappa shape index (κ3) is 4.82. The molecule has 0 radical (unpaired) electrons. The molecule has 10 heteroatoms. The van der Waals surface area contributed by atoms with Gasteiger partial charge in [-0.25, -0.2) is 13.4 Å². The molecule has 2 aromatic rings. The van der Waals surface area contributed by atoms with Gasteiger partial charge in [-0.2, -0.15) is 4.31 Å². The summed E-state index contributed by atoms with van der Waals surface area (Å²) >= 11 is 0. The van der Waals surface area contributed by atoms with Crippen LogP contribution < -0.4 is 10.2 Å². The molecule has 2 saturated heterocycles. The second kappa shape index (κ2) is 9.60. The highest BCUT2D eigenvalue weighted by Gasteiger charge is 2.29. The van der Waals surface area contributed by atoms with E-state index in [0.29, 0.717) is 25.3 Å². The molecular formula is C22H32N6O3S. The fourth-order valence-electron chi connectivity index (χ4n) is 4.25. The Bertz CT molecular complexity index is 1040. The third-order valence-electron chi connectivity index (χ3n) is 6.32. The van der Waals surface area contributed by atoms with Crippen molar-refractivity contribution in [1.82, 2.24) is 24.1 Å². The number of pyridine rings is 1. The number of aromatic nitrogens is 2. The van der Waals surface area contributed by atoms with Crippen molar-refractivity contribution in [3.8, 4) is 0 Å². The van der Waals surface area contributed by atoms with Crippen molar-refractivity contribution in [2.75, 3.05) is 50.7 Å². The Kier molecular flexibility index (Phi) is 6.82. The van der Waals surface area contributed by atoms with Crippen LogP contribution in [0.25, 0.3) is 0 Å². The second-order valence-electron chi connectivity index (χ2n) is 8.41. The van der Waals surface area contributed by atoms with Crippen LogP contribution in [0.2, 0.25) is 0 Å². The summed E-state index contributed by atoms with van der Waals surface area (Å²) in [4.78, 5) is 22.1. The number of nitrogens with zero attached hydrogens (tertiary/aromatic N) is 5. The smallest absolute Gasteiger partial charge is 0.268 e. The van der Waals surface area contributed by atoms with Gasteiger partial charge in [-0.05, 0) is 37.1 Å². The minimum absolute atomic E-state index is 0.168. The first-order valence-electron chi connectivity index (χ1n) is 11.3. The SMILES string of the molecule is CCN1CCN(c2ccc(CNC(=O)c3cc(S(=O)(=O)N4CCCC4)cn3C)cn2)CC1. The van der Waals surface area contributed by atoms with Crippen LogP contribution in [-0.2, 0) is 23.6 Å². The van der Waals surface area contributed by atoms with Crippen LogP contribution in [0.3, 0.4) is 0 Å². The Labute approximate surface area is 190 Å². The molecule has 2 fully saturated rings. The molecule has 0 bridgehead atoms. The van der Waals surface area contributed by atoms with Crippen molar-refractivity contribution in [3.63, 3.8) is 0 Å². The zero-order chi connectivity index (χ0) is 22.7. The fourth-order valence-corrected chi connectivity index (χ4v) is 5.84. The average molecular weight is 461 g/mol. The summed E-state index contributed by atoms with van der Waals surface area (Å²) < 4.78 is 28.6. The number of sulfonamides is 1. The second-order valence-corrected chi connectivity index (χ2v) is 10.3. The van der Waals surface area contributed by atoms with E-state index in [0.717, 1.165) is 56.9 Å². The maximum absolute atomic E-state index is 12.8. The molecule has 1 amide bonds. The standard InChI is InChI=1S/C22H32N6O3S/c1-3-26-10-12-27(13-11-26)21-7-6-18(15-23-21)16-24-22(29)20-14-19(17-25(20)2)32(30,31)28-8-4-5-9-28/h6-7,14-15,17H,3-5,8-13,16H2,1-2H3,(H,24,29). The lowest BCUT2D eigenvalue weighted by Gasteiger charge is -2.34. The van der Waals surface area contributed by atoms with Gasteiger partial charge in [-0.15, -0.1) is 0 Å². The maximum atomic E-state index is 12.8. The predicted molar refractivity (Wildman–Crippen MR) is 123 cm³/mol. The minimum Gasteiger partial charge on any atom is -0.354 e. The van der Waals surface area contributed by atoms with E-state index < -0.39 is 10.0 Å². The molecule has 0 saturated carbocycles. The summed E-state index contributed by atoms with van der Waals surface area (Å²) in [5, 5.41) is 2.87. The number of piperazine rings is 1. The quantitative estimate of drug-likeness (QED) is 0.669. The van der Waals surface area contributed by atoms with Gasteiger partial charge in [0.1, 0.15) is 16.4 Å². The van der Waals surface area contributed by atoms with Crippen molar-refractivity contribution >= 4 is 21.7 Å². The van der Waals surface area contributed by atoms with E-state index in [1.54, 1.807) is 17.8 Å². The summed E-state index contributed by atoms with van der Waals surface area (Å²) in [6.45, 7) is 8.68. The lowest BCUT2D eigenvalue weighted by Crippen LogP contribution is -2.46. The summed E-state index contributed by atoms with van der Waals surface area (Å²) in [5.74, 6) is 0.644. The van der Waals surface area contributed by atoms with Gasteiger partial charge in [0.15, 0.2) is 0 Å². The van der Waals surface area contributed by atoms with Crippen molar-refractivity contribution in [3.05, 3.63) is 41.9 Å². The summed E-state index contributed by atoms with van der Waals surface area (Å²) in [6.07, 6.45) is 5.05. The van der Waals surface area contributed by atoms with E-state index in [-0.39, 0.29) is 10.8 Å². The molecule has 2 aliphatic rings. The van der Waals surface area contributed by atoms with E-state index in [1.165, 1.54) is 16.6 Å². The summed E-state index contributed by atoms with van der Waals surface area (Å²) in [7, 11) is -1.86. The van der Waals surface area contributed by atoms with Gasteiger partial charge in [-0.1, -0.05) is 13.0 Å². The van der Waals surface area contributed by atoms with Gasteiger partial charge < -0.3 is 19.7 Å². The highest BCUT2D eigenvalue weighted by Crippen LogP contribution is 2.22. The first kappa shape index (κ1) is 22.8. The van der Waals surface area contributed by atoms with E-state index in [9.17, 15) is 13.2 Å². The number of rotatable bonds is 7. The minimum atomic E-state index is -3.55. The molecule has 174 valence electrons. The van der Waals surface area contributed by atoms with Crippen LogP contribution in [-0.4, -0.2) is 78.9 Å². The molecule has 9 nitrogen and oxygen atoms in total. The normalized spacial score (nSPS) is 18.2. The molecular weight excluding hydrogens is 428 g/mol. The van der Waals surface area contributed by atoms with E-state index >= 15 is 0 Å². The summed E-state index contributed by atoms with van der Waals surface area (Å²) in [6, 6.07) is 5.43. The molecule has 2 aromatic heterocycles. The van der Waals surface area contributed by atoms with Gasteiger partial charge in [-0.3, -0.25) is 4.79 Å². The highest BCUT2D eigenvalue weighted by molar-refractivity contribution is 7.89. The monoisotopic (exact) mass is 460 g/mol. The van der Waals surface area contributed by atoms with Gasteiger partial charge in [0.2, 0.25) is 10.0 Å².